The lowest BCUT2D eigenvalue weighted by Crippen LogP contribution is -2.51. The number of benzene rings is 3. The van der Waals surface area contributed by atoms with Crippen molar-refractivity contribution in [1.82, 2.24) is 50.8 Å². The second-order valence-corrected chi connectivity index (χ2v) is 24.2. The number of carbonyl (C=O) groups is 3. The van der Waals surface area contributed by atoms with Crippen LogP contribution in [0.4, 0.5) is 15.0 Å². The average molecular weight is 1140 g/mol. The van der Waals surface area contributed by atoms with E-state index in [1.54, 1.807) is 35.7 Å². The van der Waals surface area contributed by atoms with Gasteiger partial charge in [0.15, 0.2) is 5.82 Å². The van der Waals surface area contributed by atoms with Gasteiger partial charge < -0.3 is 50.0 Å². The molecule has 12 rings (SSSR count). The number of aliphatic hydroxyl groups is 1. The summed E-state index contributed by atoms with van der Waals surface area (Å²) in [6.07, 6.45) is 6.38. The number of likely N-dealkylation sites (tertiary alicyclic amines) is 1. The lowest BCUT2D eigenvalue weighted by atomic mass is 9.91. The number of rotatable bonds is 17. The number of carbonyl (C=O) groups excluding carboxylic acids is 3. The van der Waals surface area contributed by atoms with Gasteiger partial charge in [0.1, 0.15) is 59.4 Å². The molecule has 19 nitrogen and oxygen atoms in total. The Hall–Kier alpha value is -7.33. The van der Waals surface area contributed by atoms with Gasteiger partial charge in [0.2, 0.25) is 11.8 Å². The van der Waals surface area contributed by atoms with Crippen LogP contribution in [-0.4, -0.2) is 138 Å². The number of ether oxygens (including phenoxy) is 2. The second kappa shape index (κ2) is 22.8. The highest BCUT2D eigenvalue weighted by atomic mass is 32.1. The van der Waals surface area contributed by atoms with Gasteiger partial charge in [-0.1, -0.05) is 68.4 Å². The number of hydrogen-bond donors (Lipinski definition) is 5. The number of thiazole rings is 1. The third-order valence-corrected chi connectivity index (χ3v) is 18.6. The van der Waals surface area contributed by atoms with Gasteiger partial charge in [-0.3, -0.25) is 19.5 Å². The Morgan fingerprint density at radius 3 is 2.56 bits per heavy atom. The summed E-state index contributed by atoms with van der Waals surface area (Å²) in [6, 6.07) is 18.0. The lowest BCUT2D eigenvalue weighted by Gasteiger charge is -2.35. The minimum Gasteiger partial charge on any atom is -0.508 e. The van der Waals surface area contributed by atoms with Gasteiger partial charge in [-0.05, 0) is 111 Å². The zero-order valence-corrected chi connectivity index (χ0v) is 47.7. The molecule has 0 aliphatic carbocycles. The molecular formula is C61H70FN11O8S. The molecule has 8 atom stereocenters. The zero-order valence-electron chi connectivity index (χ0n) is 46.9. The van der Waals surface area contributed by atoms with Gasteiger partial charge in [0, 0.05) is 62.0 Å². The third kappa shape index (κ3) is 10.7. The van der Waals surface area contributed by atoms with E-state index in [-0.39, 0.29) is 109 Å². The number of aliphatic hydroxyl groups excluding tert-OH is 1. The van der Waals surface area contributed by atoms with E-state index in [1.165, 1.54) is 4.90 Å². The Kier molecular flexibility index (Phi) is 15.3. The number of halogens is 1. The molecule has 5 aliphatic heterocycles. The number of phenols is 1. The summed E-state index contributed by atoms with van der Waals surface area (Å²) in [6.45, 7) is 12.2. The molecule has 4 aromatic heterocycles. The molecule has 430 valence electrons. The highest BCUT2D eigenvalue weighted by molar-refractivity contribution is 7.13. The normalized spacial score (nSPS) is 23.2. The van der Waals surface area contributed by atoms with Crippen molar-refractivity contribution in [3.8, 4) is 33.5 Å². The molecule has 0 radical (unpaired) electrons. The van der Waals surface area contributed by atoms with Crippen molar-refractivity contribution in [1.29, 1.82) is 0 Å². The number of nitrogens with one attached hydrogen (secondary N) is 3. The van der Waals surface area contributed by atoms with Gasteiger partial charge in [-0.2, -0.15) is 9.97 Å². The molecule has 3 aromatic carbocycles. The molecule has 0 spiro atoms. The van der Waals surface area contributed by atoms with Crippen molar-refractivity contribution < 1.29 is 43.0 Å². The van der Waals surface area contributed by atoms with Gasteiger partial charge in [-0.15, -0.1) is 11.3 Å². The van der Waals surface area contributed by atoms with E-state index in [0.29, 0.717) is 42.0 Å². The van der Waals surface area contributed by atoms with Crippen LogP contribution in [0, 0.1) is 18.7 Å². The molecular weight excluding hydrogens is 1070 g/mol. The number of fused-ring (bicyclic) bond motifs is 5. The van der Waals surface area contributed by atoms with E-state index in [0.717, 1.165) is 83.1 Å². The number of amides is 3. The fraction of sp³-hybridized carbons (Fsp3) is 0.475. The van der Waals surface area contributed by atoms with Crippen LogP contribution in [-0.2, 0) is 27.3 Å². The van der Waals surface area contributed by atoms with E-state index >= 15 is 4.39 Å². The Morgan fingerprint density at radius 1 is 1.00 bits per heavy atom. The number of aryl methyl sites for hydroxylation is 2. The van der Waals surface area contributed by atoms with Gasteiger partial charge in [-0.25, -0.2) is 14.2 Å². The van der Waals surface area contributed by atoms with Crippen LogP contribution in [0.25, 0.3) is 43.4 Å². The number of alkyl carbamates (subject to hydrolysis) is 1. The summed E-state index contributed by atoms with van der Waals surface area (Å²) in [5, 5.41) is 37.4. The van der Waals surface area contributed by atoms with E-state index < -0.39 is 30.0 Å². The number of aromatic nitrogens is 5. The number of anilines is 1. The Labute approximate surface area is 479 Å². The second-order valence-electron chi connectivity index (χ2n) is 23.3. The summed E-state index contributed by atoms with van der Waals surface area (Å²) in [7, 11) is 0. The lowest BCUT2D eigenvalue weighted by molar-refractivity contribution is -0.141. The Morgan fingerprint density at radius 2 is 1.80 bits per heavy atom. The van der Waals surface area contributed by atoms with Crippen LogP contribution in [0.3, 0.4) is 0 Å². The molecule has 21 heteroatoms. The first-order valence-corrected chi connectivity index (χ1v) is 29.7. The van der Waals surface area contributed by atoms with Crippen LogP contribution in [0.15, 0.2) is 76.9 Å². The number of hydrogen-bond acceptors (Lipinski definition) is 17. The monoisotopic (exact) mass is 1140 g/mol. The van der Waals surface area contributed by atoms with Crippen LogP contribution < -0.4 is 25.6 Å². The molecule has 5 aliphatic rings. The summed E-state index contributed by atoms with van der Waals surface area (Å²) in [5.41, 5.74) is 6.44. The zero-order chi connectivity index (χ0) is 57.0. The smallest absolute Gasteiger partial charge is 0.407 e. The number of β-amino-alcohol motifs (C(OH)–C–C–N with tert-alkyl or cyclic N) is 1. The molecule has 3 amide bonds. The van der Waals surface area contributed by atoms with E-state index in [1.807, 2.05) is 82.6 Å². The maximum Gasteiger partial charge on any atom is 0.407 e. The Bertz CT molecular complexity index is 3530. The molecule has 2 bridgehead atoms. The fourth-order valence-electron chi connectivity index (χ4n) is 13.5. The fourth-order valence-corrected chi connectivity index (χ4v) is 14.3. The molecule has 82 heavy (non-hydrogen) atoms. The van der Waals surface area contributed by atoms with Crippen molar-refractivity contribution in [3.63, 3.8) is 0 Å². The van der Waals surface area contributed by atoms with Crippen LogP contribution in [0.2, 0.25) is 0 Å². The van der Waals surface area contributed by atoms with Crippen molar-refractivity contribution in [3.05, 3.63) is 106 Å². The van der Waals surface area contributed by atoms with E-state index in [4.69, 9.17) is 28.9 Å². The predicted octanol–water partition coefficient (Wildman–Crippen LogP) is 8.49. The largest absolute Gasteiger partial charge is 0.508 e. The molecule has 9 heterocycles. The van der Waals surface area contributed by atoms with Crippen LogP contribution in [0.1, 0.15) is 113 Å². The molecule has 5 N–H and O–H groups in total. The summed E-state index contributed by atoms with van der Waals surface area (Å²) >= 11 is 1.57. The maximum absolute atomic E-state index is 17.3. The van der Waals surface area contributed by atoms with Gasteiger partial charge >= 0.3 is 12.1 Å². The third-order valence-electron chi connectivity index (χ3n) is 17.6. The standard InChI is InChI=1S/C61H70FN11O8S/c1-6-36-9-7-10-39-21-44(74)23-46(51(36)39)53-52(62)54-47(26-63-53)56(71-27-40-15-16-41(28-71)67-40)69-59(68-54)80-31-61-18-8-20-73(61)43(17-19-61)30-79-60(78)64-25-42-22-49(81-70-42)50(33(2)3)58(77)72-29-45(75)24-48(72)57(76)66-34(4)37-11-13-38(14-12-37)55-35(5)65-32-82-55/h7,9-14,21-23,26,32-34,40-41,43,45,48,50,67,74-75H,6,8,15-20,24-25,27-31H2,1-5H3,(H,64,78)(H,66,76)/t34?,40?,41?,43-,45-,48+,50?,61-/m1/s1. The molecule has 5 fully saturated rings. The number of nitrogens with zero attached hydrogens (tertiary/aromatic N) is 8. The number of phenolic OH excluding ortho intramolecular Hbond substituents is 1. The maximum atomic E-state index is 17.3. The van der Waals surface area contributed by atoms with Crippen molar-refractivity contribution in [2.24, 2.45) is 5.92 Å². The first-order valence-electron chi connectivity index (χ1n) is 28.8. The Balaban J connectivity index is 0.682. The first kappa shape index (κ1) is 55.2. The SMILES string of the molecule is CCc1cccc2cc(O)cc(-c3ncc4c(N5CC6CCC(C5)N6)nc(OC[C@]56CCCN5[C@@H](COC(=O)NCc5cc(C(C(=O)N7C[C@H](O)C[C@H]7C(=O)NC(C)c7ccc(-c8scnc8C)cc7)C(C)C)on5)CC6)nc4c3F)c12. The number of pyridine rings is 1. The minimum atomic E-state index is -0.890. The number of aromatic hydroxyl groups is 1. The number of piperazine rings is 1. The van der Waals surface area contributed by atoms with Gasteiger partial charge in [0.05, 0.1) is 45.7 Å². The van der Waals surface area contributed by atoms with Crippen LogP contribution in [0.5, 0.6) is 11.8 Å². The molecule has 5 saturated heterocycles. The topological polar surface area (TPSA) is 234 Å². The minimum absolute atomic E-state index is 0.00276. The average Bonchev–Trinajstić information content (AvgIpc) is 4.53. The van der Waals surface area contributed by atoms with E-state index in [9.17, 15) is 24.6 Å². The predicted molar refractivity (Wildman–Crippen MR) is 308 cm³/mol. The molecule has 7 aromatic rings. The van der Waals surface area contributed by atoms with E-state index in [2.05, 4.69) is 35.9 Å². The quantitative estimate of drug-likeness (QED) is 0.0575. The summed E-state index contributed by atoms with van der Waals surface area (Å²) in [5.74, 6) is -1.51. The van der Waals surface area contributed by atoms with Crippen molar-refractivity contribution in [2.75, 3.05) is 44.3 Å². The highest BCUT2D eigenvalue weighted by Gasteiger charge is 2.50. The van der Waals surface area contributed by atoms with Crippen molar-refractivity contribution >= 4 is 56.7 Å². The van der Waals surface area contributed by atoms with Crippen molar-refractivity contribution in [2.45, 2.75) is 140 Å². The first-order chi connectivity index (χ1) is 39.6. The summed E-state index contributed by atoms with van der Waals surface area (Å²) < 4.78 is 35.5. The summed E-state index contributed by atoms with van der Waals surface area (Å²) in [4.78, 5) is 67.4. The van der Waals surface area contributed by atoms with Crippen LogP contribution >= 0.6 is 11.3 Å². The molecule has 4 unspecified atom stereocenters. The van der Waals surface area contributed by atoms with Gasteiger partial charge in [0.25, 0.3) is 0 Å². The molecule has 0 saturated carbocycles. The highest BCUT2D eigenvalue weighted by Crippen LogP contribution is 2.44.